The highest BCUT2D eigenvalue weighted by Gasteiger charge is 2.30. The number of hydrogen-bond donors (Lipinski definition) is 1. The molecule has 0 saturated heterocycles. The van der Waals surface area contributed by atoms with Crippen LogP contribution in [0.5, 0.6) is 0 Å². The maximum Gasteiger partial charge on any atom is 0.251 e. The van der Waals surface area contributed by atoms with E-state index in [0.29, 0.717) is 48.9 Å². The van der Waals surface area contributed by atoms with E-state index in [1.165, 1.54) is 0 Å². The summed E-state index contributed by atoms with van der Waals surface area (Å²) < 4.78 is 35.2. The molecule has 0 bridgehead atoms. The van der Waals surface area contributed by atoms with E-state index >= 15 is 0 Å². The Labute approximate surface area is 195 Å². The molecule has 2 heterocycles. The maximum absolute atomic E-state index is 13.3. The van der Waals surface area contributed by atoms with Gasteiger partial charge in [-0.25, -0.2) is 8.42 Å². The number of carbonyl (C=O) groups is 1. The largest absolute Gasteiger partial charge is 0.467 e. The first-order valence-corrected chi connectivity index (χ1v) is 12.7. The van der Waals surface area contributed by atoms with Crippen LogP contribution < -0.4 is 5.32 Å². The smallest absolute Gasteiger partial charge is 0.251 e. The second kappa shape index (κ2) is 10.8. The van der Waals surface area contributed by atoms with Gasteiger partial charge in [0, 0.05) is 18.7 Å². The lowest BCUT2D eigenvalue weighted by atomic mass is 10.1. The Bertz CT molecular complexity index is 1180. The molecule has 1 aromatic carbocycles. The van der Waals surface area contributed by atoms with Crippen molar-refractivity contribution < 1.29 is 17.6 Å². The molecule has 9 heteroatoms. The third-order valence-corrected chi connectivity index (χ3v) is 7.54. The van der Waals surface area contributed by atoms with Crippen molar-refractivity contribution in [2.75, 3.05) is 13.1 Å². The van der Waals surface area contributed by atoms with Gasteiger partial charge < -0.3 is 9.73 Å². The highest BCUT2D eigenvalue weighted by molar-refractivity contribution is 7.89. The Morgan fingerprint density at radius 3 is 2.48 bits per heavy atom. The molecule has 0 atom stereocenters. The highest BCUT2D eigenvalue weighted by atomic mass is 32.2. The predicted octanol–water partition coefficient (Wildman–Crippen LogP) is 3.88. The average molecular weight is 473 g/mol. The minimum atomic E-state index is -3.63. The van der Waals surface area contributed by atoms with Crippen LogP contribution in [0, 0.1) is 13.8 Å². The minimum absolute atomic E-state index is 0.209. The average Bonchev–Trinajstić information content (AvgIpc) is 3.40. The van der Waals surface area contributed by atoms with Crippen LogP contribution >= 0.6 is 0 Å². The molecule has 178 valence electrons. The number of amides is 1. The molecule has 0 spiro atoms. The van der Waals surface area contributed by atoms with Crippen LogP contribution in [0.1, 0.15) is 59.8 Å². The van der Waals surface area contributed by atoms with E-state index in [9.17, 15) is 13.2 Å². The van der Waals surface area contributed by atoms with Crippen molar-refractivity contribution in [1.82, 2.24) is 19.4 Å². The van der Waals surface area contributed by atoms with Crippen LogP contribution in [0.25, 0.3) is 0 Å². The number of carbonyl (C=O) groups excluding carboxylic acids is 1. The Balaban J connectivity index is 1.80. The molecule has 1 N–H and O–H groups in total. The van der Waals surface area contributed by atoms with Gasteiger partial charge in [-0.15, -0.1) is 0 Å². The van der Waals surface area contributed by atoms with Crippen molar-refractivity contribution >= 4 is 15.9 Å². The molecule has 0 aliphatic rings. The fourth-order valence-corrected chi connectivity index (χ4v) is 5.85. The first-order valence-electron chi connectivity index (χ1n) is 11.2. The van der Waals surface area contributed by atoms with E-state index in [0.717, 1.165) is 18.4 Å². The Kier molecular flexibility index (Phi) is 8.10. The molecule has 33 heavy (non-hydrogen) atoms. The maximum atomic E-state index is 13.3. The topological polar surface area (TPSA) is 97.4 Å². The van der Waals surface area contributed by atoms with E-state index < -0.39 is 10.0 Å². The van der Waals surface area contributed by atoms with Gasteiger partial charge in [0.15, 0.2) is 0 Å². The normalized spacial score (nSPS) is 11.8. The van der Waals surface area contributed by atoms with E-state index in [4.69, 9.17) is 4.42 Å². The van der Waals surface area contributed by atoms with Crippen LogP contribution in [0.3, 0.4) is 0 Å². The van der Waals surface area contributed by atoms with E-state index in [1.807, 2.05) is 26.0 Å². The quantitative estimate of drug-likeness (QED) is 0.457. The molecule has 0 radical (unpaired) electrons. The fourth-order valence-electron chi connectivity index (χ4n) is 3.85. The van der Waals surface area contributed by atoms with Crippen LogP contribution in [0.4, 0.5) is 0 Å². The lowest BCUT2D eigenvalue weighted by molar-refractivity contribution is 0.0948. The molecule has 0 aliphatic heterocycles. The molecular weight excluding hydrogens is 440 g/mol. The van der Waals surface area contributed by atoms with Gasteiger partial charge in [0.25, 0.3) is 5.91 Å². The van der Waals surface area contributed by atoms with Crippen LogP contribution in [-0.2, 0) is 23.1 Å². The SMILES string of the molecule is CCCN(CCC)S(=O)(=O)c1c(C)nn(Cc2cccc(C(=O)NCc3ccco3)c2)c1C. The van der Waals surface area contributed by atoms with Gasteiger partial charge in [-0.2, -0.15) is 9.40 Å². The van der Waals surface area contributed by atoms with E-state index in [-0.39, 0.29) is 10.8 Å². The van der Waals surface area contributed by atoms with Crippen molar-refractivity contribution in [2.24, 2.45) is 0 Å². The summed E-state index contributed by atoms with van der Waals surface area (Å²) in [5, 5.41) is 7.35. The molecule has 3 aromatic rings. The molecule has 0 saturated carbocycles. The molecular formula is C24H32N4O4S. The summed E-state index contributed by atoms with van der Waals surface area (Å²) in [7, 11) is -3.63. The molecule has 3 rings (SSSR count). The van der Waals surface area contributed by atoms with Crippen LogP contribution in [0.2, 0.25) is 0 Å². The summed E-state index contributed by atoms with van der Waals surface area (Å²) in [6, 6.07) is 10.8. The Morgan fingerprint density at radius 1 is 1.12 bits per heavy atom. The zero-order valence-corrected chi connectivity index (χ0v) is 20.5. The van der Waals surface area contributed by atoms with Crippen molar-refractivity contribution in [3.8, 4) is 0 Å². The minimum Gasteiger partial charge on any atom is -0.467 e. The first-order chi connectivity index (χ1) is 15.8. The lowest BCUT2D eigenvalue weighted by Crippen LogP contribution is -2.33. The number of hydrogen-bond acceptors (Lipinski definition) is 5. The molecule has 0 fully saturated rings. The lowest BCUT2D eigenvalue weighted by Gasteiger charge is -2.21. The zero-order valence-electron chi connectivity index (χ0n) is 19.7. The van der Waals surface area contributed by atoms with Crippen molar-refractivity contribution in [2.45, 2.75) is 58.5 Å². The molecule has 8 nitrogen and oxygen atoms in total. The van der Waals surface area contributed by atoms with Crippen molar-refractivity contribution in [3.63, 3.8) is 0 Å². The van der Waals surface area contributed by atoms with Gasteiger partial charge in [-0.05, 0) is 56.5 Å². The van der Waals surface area contributed by atoms with Gasteiger partial charge in [0.2, 0.25) is 10.0 Å². The summed E-state index contributed by atoms with van der Waals surface area (Å²) in [5.74, 6) is 0.468. The molecule has 0 aliphatic carbocycles. The van der Waals surface area contributed by atoms with Crippen LogP contribution in [-0.4, -0.2) is 41.5 Å². The first kappa shape index (κ1) is 24.7. The number of sulfonamides is 1. The van der Waals surface area contributed by atoms with Gasteiger partial charge >= 0.3 is 0 Å². The molecule has 0 unspecified atom stereocenters. The Morgan fingerprint density at radius 2 is 1.85 bits per heavy atom. The van der Waals surface area contributed by atoms with Gasteiger partial charge in [-0.1, -0.05) is 26.0 Å². The fraction of sp³-hybridized carbons (Fsp3) is 0.417. The standard InChI is InChI=1S/C24H32N4O4S/c1-5-12-27(13-6-2)33(30,31)23-18(3)26-28(19(23)4)17-20-9-7-10-21(15-20)24(29)25-16-22-11-8-14-32-22/h7-11,14-15H,5-6,12-13,16-17H2,1-4H3,(H,25,29). The summed E-state index contributed by atoms with van der Waals surface area (Å²) in [5.41, 5.74) is 2.45. The number of aryl methyl sites for hydroxylation is 1. The summed E-state index contributed by atoms with van der Waals surface area (Å²) in [6.45, 7) is 9.08. The number of benzene rings is 1. The van der Waals surface area contributed by atoms with E-state index in [1.54, 1.807) is 53.4 Å². The number of rotatable bonds is 11. The van der Waals surface area contributed by atoms with Gasteiger partial charge in [0.1, 0.15) is 10.7 Å². The third kappa shape index (κ3) is 5.72. The number of aromatic nitrogens is 2. The molecule has 2 aromatic heterocycles. The third-order valence-electron chi connectivity index (χ3n) is 5.38. The number of nitrogens with zero attached hydrogens (tertiary/aromatic N) is 3. The van der Waals surface area contributed by atoms with Crippen LogP contribution in [0.15, 0.2) is 52.0 Å². The van der Waals surface area contributed by atoms with Crippen molar-refractivity contribution in [1.29, 1.82) is 0 Å². The second-order valence-electron chi connectivity index (χ2n) is 8.02. The summed E-state index contributed by atoms with van der Waals surface area (Å²) in [4.78, 5) is 12.8. The van der Waals surface area contributed by atoms with Crippen molar-refractivity contribution in [3.05, 3.63) is 70.9 Å². The monoisotopic (exact) mass is 472 g/mol. The van der Waals surface area contributed by atoms with Gasteiger partial charge in [-0.3, -0.25) is 9.48 Å². The summed E-state index contributed by atoms with van der Waals surface area (Å²) in [6.07, 6.45) is 3.06. The number of nitrogens with one attached hydrogen (secondary N) is 1. The summed E-state index contributed by atoms with van der Waals surface area (Å²) >= 11 is 0. The zero-order chi connectivity index (χ0) is 24.0. The Hall–Kier alpha value is -2.91. The van der Waals surface area contributed by atoms with Gasteiger partial charge in [0.05, 0.1) is 30.7 Å². The second-order valence-corrected chi connectivity index (χ2v) is 9.90. The predicted molar refractivity (Wildman–Crippen MR) is 126 cm³/mol. The molecule has 1 amide bonds. The highest BCUT2D eigenvalue weighted by Crippen LogP contribution is 2.25. The number of furan rings is 1. The van der Waals surface area contributed by atoms with E-state index in [2.05, 4.69) is 10.4 Å².